The van der Waals surface area contributed by atoms with Crippen molar-refractivity contribution in [2.24, 2.45) is 0 Å². The molecule has 3 rings (SSSR count). The van der Waals surface area contributed by atoms with E-state index >= 15 is 0 Å². The first-order valence-corrected chi connectivity index (χ1v) is 7.41. The predicted molar refractivity (Wildman–Crippen MR) is 82.9 cm³/mol. The minimum absolute atomic E-state index is 0.0533. The highest BCUT2D eigenvalue weighted by Gasteiger charge is 2.41. The average Bonchev–Trinajstić information content (AvgIpc) is 2.58. The van der Waals surface area contributed by atoms with E-state index in [9.17, 15) is 26.3 Å². The summed E-state index contributed by atoms with van der Waals surface area (Å²) < 4.78 is 87.3. The number of halogens is 6. The lowest BCUT2D eigenvalue weighted by Crippen LogP contribution is -2.33. The molecule has 1 unspecified atom stereocenters. The van der Waals surface area contributed by atoms with Crippen molar-refractivity contribution in [3.8, 4) is 22.6 Å². The molecule has 2 aromatic rings. The van der Waals surface area contributed by atoms with E-state index in [-0.39, 0.29) is 17.1 Å². The normalized spacial score (nSPS) is 16.8. The van der Waals surface area contributed by atoms with Crippen LogP contribution in [0.25, 0.3) is 17.2 Å². The maximum atomic E-state index is 12.9. The van der Waals surface area contributed by atoms with Gasteiger partial charge in [0.05, 0.1) is 12.7 Å². The second-order valence-electron chi connectivity index (χ2n) is 5.61. The number of hydrogen-bond acceptors (Lipinski definition) is 2. The van der Waals surface area contributed by atoms with Gasteiger partial charge < -0.3 is 9.47 Å². The zero-order valence-electron chi connectivity index (χ0n) is 13.3. The van der Waals surface area contributed by atoms with Crippen LogP contribution in [0.2, 0.25) is 0 Å². The van der Waals surface area contributed by atoms with Gasteiger partial charge in [0.15, 0.2) is 0 Å². The van der Waals surface area contributed by atoms with Crippen molar-refractivity contribution >= 4 is 6.08 Å². The SMILES string of the molecule is COc1cc2c(cc1-c1cccc(C(F)(F)F)c1)C=CC(C(F)(F)F)O2. The Balaban J connectivity index is 2.07. The number of fused-ring (bicyclic) bond motifs is 1. The average molecular weight is 374 g/mol. The molecule has 0 fully saturated rings. The van der Waals surface area contributed by atoms with E-state index in [1.54, 1.807) is 0 Å². The van der Waals surface area contributed by atoms with Crippen molar-refractivity contribution in [2.45, 2.75) is 18.5 Å². The van der Waals surface area contributed by atoms with Gasteiger partial charge in [-0.15, -0.1) is 0 Å². The van der Waals surface area contributed by atoms with Crippen LogP contribution in [0.1, 0.15) is 11.1 Å². The Morgan fingerprint density at radius 1 is 1.00 bits per heavy atom. The molecule has 0 radical (unpaired) electrons. The van der Waals surface area contributed by atoms with Gasteiger partial charge in [-0.2, -0.15) is 26.3 Å². The molecule has 0 N–H and O–H groups in total. The van der Waals surface area contributed by atoms with Crippen molar-refractivity contribution in [1.29, 1.82) is 0 Å². The lowest BCUT2D eigenvalue weighted by molar-refractivity contribution is -0.180. The molecule has 0 aliphatic carbocycles. The topological polar surface area (TPSA) is 18.5 Å². The molecule has 26 heavy (non-hydrogen) atoms. The van der Waals surface area contributed by atoms with Crippen LogP contribution in [-0.2, 0) is 6.18 Å². The van der Waals surface area contributed by atoms with Crippen LogP contribution >= 0.6 is 0 Å². The summed E-state index contributed by atoms with van der Waals surface area (Å²) >= 11 is 0. The standard InChI is InChI=1S/C18H12F6O2/c1-25-15-9-14-11(5-6-16(26-14)18(22,23)24)8-13(15)10-3-2-4-12(7-10)17(19,20)21/h2-9,16H,1H3. The number of ether oxygens (including phenoxy) is 2. The third-order valence-corrected chi connectivity index (χ3v) is 3.86. The maximum Gasteiger partial charge on any atom is 0.429 e. The molecule has 0 saturated carbocycles. The number of alkyl halides is 6. The molecule has 8 heteroatoms. The van der Waals surface area contributed by atoms with Crippen molar-refractivity contribution in [3.05, 3.63) is 53.6 Å². The summed E-state index contributed by atoms with van der Waals surface area (Å²) in [5, 5.41) is 0. The molecule has 0 spiro atoms. The van der Waals surface area contributed by atoms with Crippen LogP contribution in [0.3, 0.4) is 0 Å². The largest absolute Gasteiger partial charge is 0.496 e. The van der Waals surface area contributed by atoms with Gasteiger partial charge in [-0.1, -0.05) is 18.2 Å². The number of hydrogen-bond donors (Lipinski definition) is 0. The summed E-state index contributed by atoms with van der Waals surface area (Å²) in [5.41, 5.74) is 0.0271. The van der Waals surface area contributed by atoms with Gasteiger partial charge in [-0.3, -0.25) is 0 Å². The molecule has 2 aromatic carbocycles. The van der Waals surface area contributed by atoms with Crippen LogP contribution in [0.5, 0.6) is 11.5 Å². The van der Waals surface area contributed by atoms with Gasteiger partial charge in [0.1, 0.15) is 11.5 Å². The lowest BCUT2D eigenvalue weighted by atomic mass is 9.98. The first-order chi connectivity index (χ1) is 12.1. The van der Waals surface area contributed by atoms with Crippen molar-refractivity contribution in [3.63, 3.8) is 0 Å². The summed E-state index contributed by atoms with van der Waals surface area (Å²) in [5.74, 6) is 0.0571. The highest BCUT2D eigenvalue weighted by atomic mass is 19.4. The number of methoxy groups -OCH3 is 1. The van der Waals surface area contributed by atoms with Crippen molar-refractivity contribution in [1.82, 2.24) is 0 Å². The highest BCUT2D eigenvalue weighted by Crippen LogP contribution is 2.41. The Hall–Kier alpha value is -2.64. The monoisotopic (exact) mass is 374 g/mol. The van der Waals surface area contributed by atoms with E-state index < -0.39 is 24.0 Å². The van der Waals surface area contributed by atoms with E-state index in [1.807, 2.05) is 0 Å². The summed E-state index contributed by atoms with van der Waals surface area (Å²) in [6, 6.07) is 7.29. The fourth-order valence-electron chi connectivity index (χ4n) is 2.61. The zero-order valence-corrected chi connectivity index (χ0v) is 13.3. The maximum absolute atomic E-state index is 12.9. The second-order valence-corrected chi connectivity index (χ2v) is 5.61. The van der Waals surface area contributed by atoms with Crippen molar-refractivity contribution in [2.75, 3.05) is 7.11 Å². The fraction of sp³-hybridized carbons (Fsp3) is 0.222. The van der Waals surface area contributed by atoms with Gasteiger partial charge >= 0.3 is 12.4 Å². The zero-order chi connectivity index (χ0) is 19.1. The molecule has 138 valence electrons. The van der Waals surface area contributed by atoms with Gasteiger partial charge in [0.2, 0.25) is 6.10 Å². The Kier molecular flexibility index (Phi) is 4.37. The van der Waals surface area contributed by atoms with Crippen LogP contribution in [0.4, 0.5) is 26.3 Å². The predicted octanol–water partition coefficient (Wildman–Crippen LogP) is 5.72. The molecule has 1 aliphatic rings. The first-order valence-electron chi connectivity index (χ1n) is 7.41. The molecule has 1 heterocycles. The van der Waals surface area contributed by atoms with Crippen molar-refractivity contribution < 1.29 is 35.8 Å². The molecule has 1 atom stereocenters. The number of rotatable bonds is 2. The Labute approximate surface area is 144 Å². The summed E-state index contributed by atoms with van der Waals surface area (Å²) in [6.07, 6.45) is -9.08. The molecular weight excluding hydrogens is 362 g/mol. The van der Waals surface area contributed by atoms with E-state index in [4.69, 9.17) is 9.47 Å². The van der Waals surface area contributed by atoms with Crippen LogP contribution in [-0.4, -0.2) is 19.4 Å². The third kappa shape index (κ3) is 3.49. The van der Waals surface area contributed by atoms with E-state index in [0.717, 1.165) is 18.2 Å². The Bertz CT molecular complexity index is 852. The van der Waals surface area contributed by atoms with Gasteiger partial charge in [-0.05, 0) is 29.8 Å². The van der Waals surface area contributed by atoms with Crippen LogP contribution in [0.15, 0.2) is 42.5 Å². The van der Waals surface area contributed by atoms with Gasteiger partial charge in [0, 0.05) is 17.2 Å². The van der Waals surface area contributed by atoms with Gasteiger partial charge in [0.25, 0.3) is 0 Å². The Morgan fingerprint density at radius 2 is 1.73 bits per heavy atom. The summed E-state index contributed by atoms with van der Waals surface area (Å²) in [4.78, 5) is 0. The molecule has 0 aromatic heterocycles. The quantitative estimate of drug-likeness (QED) is 0.626. The van der Waals surface area contributed by atoms with E-state index in [0.29, 0.717) is 11.1 Å². The summed E-state index contributed by atoms with van der Waals surface area (Å²) in [7, 11) is 1.28. The smallest absolute Gasteiger partial charge is 0.429 e. The Morgan fingerprint density at radius 3 is 2.35 bits per heavy atom. The van der Waals surface area contributed by atoms with Gasteiger partial charge in [-0.25, -0.2) is 0 Å². The molecule has 0 bridgehead atoms. The minimum atomic E-state index is -4.57. The highest BCUT2D eigenvalue weighted by molar-refractivity contribution is 5.77. The van der Waals surface area contributed by atoms with Crippen LogP contribution in [0, 0.1) is 0 Å². The number of benzene rings is 2. The van der Waals surface area contributed by atoms with Crippen LogP contribution < -0.4 is 9.47 Å². The minimum Gasteiger partial charge on any atom is -0.496 e. The third-order valence-electron chi connectivity index (χ3n) is 3.86. The molecule has 1 aliphatic heterocycles. The second kappa shape index (κ2) is 6.26. The van der Waals surface area contributed by atoms with E-state index in [1.165, 1.54) is 37.5 Å². The molecule has 0 saturated heterocycles. The molecule has 2 nitrogen and oxygen atoms in total. The first kappa shape index (κ1) is 18.2. The molecule has 0 amide bonds. The van der Waals surface area contributed by atoms with E-state index in [2.05, 4.69) is 0 Å². The lowest BCUT2D eigenvalue weighted by Gasteiger charge is -2.24. The fourth-order valence-corrected chi connectivity index (χ4v) is 2.61. The molecular formula is C18H12F6O2. The summed E-state index contributed by atoms with van der Waals surface area (Å²) in [6.45, 7) is 0.